The first-order chi connectivity index (χ1) is 13.0. The second kappa shape index (κ2) is 7.74. The van der Waals surface area contributed by atoms with Gasteiger partial charge in [0, 0.05) is 11.3 Å². The number of amides is 2. The maximum atomic E-state index is 12.4. The van der Waals surface area contributed by atoms with Gasteiger partial charge >= 0.3 is 0 Å². The van der Waals surface area contributed by atoms with Crippen molar-refractivity contribution in [3.8, 4) is 5.75 Å². The molecule has 27 heavy (non-hydrogen) atoms. The second-order valence-corrected chi connectivity index (χ2v) is 9.71. The Labute approximate surface area is 165 Å². The monoisotopic (exact) mass is 388 g/mol. The van der Waals surface area contributed by atoms with Crippen molar-refractivity contribution >= 4 is 23.6 Å². The van der Waals surface area contributed by atoms with Gasteiger partial charge in [0.2, 0.25) is 11.8 Å². The van der Waals surface area contributed by atoms with Crippen LogP contribution in [-0.4, -0.2) is 24.7 Å². The van der Waals surface area contributed by atoms with Crippen LogP contribution in [0.4, 0.5) is 0 Å². The fraction of sp³-hybridized carbons (Fsp3) is 0.619. The minimum atomic E-state index is -0.193. The van der Waals surface area contributed by atoms with Crippen LogP contribution in [-0.2, 0) is 9.59 Å². The van der Waals surface area contributed by atoms with E-state index in [9.17, 15) is 9.59 Å². The van der Waals surface area contributed by atoms with E-state index in [1.165, 1.54) is 50.3 Å². The zero-order valence-electron chi connectivity index (χ0n) is 15.8. The van der Waals surface area contributed by atoms with Gasteiger partial charge in [0.25, 0.3) is 0 Å². The Bertz CT molecular complexity index is 686. The van der Waals surface area contributed by atoms with E-state index < -0.39 is 0 Å². The first-order valence-corrected chi connectivity index (χ1v) is 10.9. The van der Waals surface area contributed by atoms with Crippen LogP contribution in [0.2, 0.25) is 0 Å². The van der Waals surface area contributed by atoms with E-state index in [0.717, 1.165) is 28.4 Å². The molecule has 4 bridgehead atoms. The molecule has 6 heteroatoms. The third-order valence-electron chi connectivity index (χ3n) is 6.45. The van der Waals surface area contributed by atoms with Crippen molar-refractivity contribution in [1.29, 1.82) is 0 Å². The predicted molar refractivity (Wildman–Crippen MR) is 105 cm³/mol. The number of hydrazine groups is 1. The summed E-state index contributed by atoms with van der Waals surface area (Å²) in [6.07, 6.45) is 8.28. The molecule has 2 N–H and O–H groups in total. The lowest BCUT2D eigenvalue weighted by molar-refractivity contribution is -0.133. The van der Waals surface area contributed by atoms with Crippen molar-refractivity contribution in [2.45, 2.75) is 49.8 Å². The number of ether oxygens (including phenoxy) is 1. The highest BCUT2D eigenvalue weighted by atomic mass is 32.2. The molecule has 0 radical (unpaired) electrons. The number of benzene rings is 1. The van der Waals surface area contributed by atoms with Gasteiger partial charge in [-0.05, 0) is 79.9 Å². The molecule has 4 fully saturated rings. The third kappa shape index (κ3) is 4.42. The predicted octanol–water partition coefficient (Wildman–Crippen LogP) is 3.54. The van der Waals surface area contributed by atoms with E-state index in [4.69, 9.17) is 4.74 Å². The van der Waals surface area contributed by atoms with E-state index in [1.807, 2.05) is 24.3 Å². The standard InChI is InChI=1S/C21H28N2O3S/c1-26-17-3-2-4-18(8-17)27-13-20(25)23-22-19(24)12-21-9-14-5-15(10-21)7-16(6-14)11-21/h2-4,8,14-16H,5-7,9-13H2,1H3,(H,22,24)(H,23,25). The SMILES string of the molecule is COc1cccc(SCC(=O)NNC(=O)CC23CC4CC(CC(C4)C2)C3)c1. The van der Waals surface area contributed by atoms with E-state index in [0.29, 0.717) is 6.42 Å². The summed E-state index contributed by atoms with van der Waals surface area (Å²) in [4.78, 5) is 25.5. The van der Waals surface area contributed by atoms with Gasteiger partial charge < -0.3 is 4.74 Å². The van der Waals surface area contributed by atoms with Gasteiger partial charge in [0.05, 0.1) is 12.9 Å². The number of carbonyl (C=O) groups is 2. The Hall–Kier alpha value is -1.69. The van der Waals surface area contributed by atoms with Crippen molar-refractivity contribution in [1.82, 2.24) is 10.9 Å². The molecule has 2 amide bonds. The molecule has 5 rings (SSSR count). The number of methoxy groups -OCH3 is 1. The summed E-state index contributed by atoms with van der Waals surface area (Å²) in [5.74, 6) is 3.28. The topological polar surface area (TPSA) is 67.4 Å². The lowest BCUT2D eigenvalue weighted by Crippen LogP contribution is -2.50. The van der Waals surface area contributed by atoms with E-state index in [2.05, 4.69) is 10.9 Å². The quantitative estimate of drug-likeness (QED) is 0.578. The van der Waals surface area contributed by atoms with Crippen LogP contribution < -0.4 is 15.6 Å². The Balaban J connectivity index is 1.22. The average Bonchev–Trinajstić information content (AvgIpc) is 2.63. The number of hydrogen-bond donors (Lipinski definition) is 2. The van der Waals surface area contributed by atoms with Crippen LogP contribution in [0, 0.1) is 23.2 Å². The molecule has 0 unspecified atom stereocenters. The largest absolute Gasteiger partial charge is 0.497 e. The molecule has 4 aliphatic carbocycles. The minimum Gasteiger partial charge on any atom is -0.497 e. The molecule has 0 heterocycles. The molecule has 5 nitrogen and oxygen atoms in total. The summed E-state index contributed by atoms with van der Waals surface area (Å²) < 4.78 is 5.18. The number of thioether (sulfide) groups is 1. The molecular weight excluding hydrogens is 360 g/mol. The van der Waals surface area contributed by atoms with Crippen LogP contribution in [0.15, 0.2) is 29.2 Å². The summed E-state index contributed by atoms with van der Waals surface area (Å²) in [6.45, 7) is 0. The van der Waals surface area contributed by atoms with Gasteiger partial charge in [0.1, 0.15) is 5.75 Å². The van der Waals surface area contributed by atoms with Crippen molar-refractivity contribution in [3.05, 3.63) is 24.3 Å². The van der Waals surface area contributed by atoms with E-state index >= 15 is 0 Å². The van der Waals surface area contributed by atoms with Crippen LogP contribution in [0.5, 0.6) is 5.75 Å². The van der Waals surface area contributed by atoms with E-state index in [1.54, 1.807) is 7.11 Å². The summed E-state index contributed by atoms with van der Waals surface area (Å²) in [7, 11) is 1.62. The third-order valence-corrected chi connectivity index (χ3v) is 7.45. The molecular formula is C21H28N2O3S. The summed E-state index contributed by atoms with van der Waals surface area (Å²) in [6, 6.07) is 7.59. The van der Waals surface area contributed by atoms with Crippen molar-refractivity contribution in [2.75, 3.05) is 12.9 Å². The van der Waals surface area contributed by atoms with Crippen LogP contribution in [0.3, 0.4) is 0 Å². The highest BCUT2D eigenvalue weighted by Gasteiger charge is 2.51. The molecule has 0 saturated heterocycles. The van der Waals surface area contributed by atoms with E-state index in [-0.39, 0.29) is 23.0 Å². The molecule has 1 aromatic rings. The van der Waals surface area contributed by atoms with Crippen molar-refractivity contribution < 1.29 is 14.3 Å². The molecule has 4 aliphatic rings. The average molecular weight is 389 g/mol. The number of nitrogens with one attached hydrogen (secondary N) is 2. The number of carbonyl (C=O) groups excluding carboxylic acids is 2. The lowest BCUT2D eigenvalue weighted by Gasteiger charge is -2.56. The van der Waals surface area contributed by atoms with Crippen molar-refractivity contribution in [2.24, 2.45) is 23.2 Å². The summed E-state index contributed by atoms with van der Waals surface area (Å²) in [5.41, 5.74) is 5.41. The van der Waals surface area contributed by atoms with Gasteiger partial charge in [0.15, 0.2) is 0 Å². The first-order valence-electron chi connectivity index (χ1n) is 9.88. The maximum Gasteiger partial charge on any atom is 0.248 e. The van der Waals surface area contributed by atoms with Gasteiger partial charge in [-0.3, -0.25) is 20.4 Å². The van der Waals surface area contributed by atoms with Gasteiger partial charge in [-0.2, -0.15) is 0 Å². The lowest BCUT2D eigenvalue weighted by atomic mass is 9.49. The maximum absolute atomic E-state index is 12.4. The Morgan fingerprint density at radius 2 is 1.70 bits per heavy atom. The van der Waals surface area contributed by atoms with Gasteiger partial charge in [-0.15, -0.1) is 11.8 Å². The highest BCUT2D eigenvalue weighted by molar-refractivity contribution is 8.00. The molecule has 4 saturated carbocycles. The van der Waals surface area contributed by atoms with Crippen LogP contribution in [0.1, 0.15) is 44.9 Å². The summed E-state index contributed by atoms with van der Waals surface area (Å²) >= 11 is 1.42. The Morgan fingerprint density at radius 3 is 2.33 bits per heavy atom. The Morgan fingerprint density at radius 1 is 1.07 bits per heavy atom. The molecule has 0 spiro atoms. The summed E-state index contributed by atoms with van der Waals surface area (Å²) in [5, 5.41) is 0. The number of rotatable bonds is 6. The second-order valence-electron chi connectivity index (χ2n) is 8.66. The number of hydrogen-bond acceptors (Lipinski definition) is 4. The van der Waals surface area contributed by atoms with Gasteiger partial charge in [-0.1, -0.05) is 6.07 Å². The molecule has 0 aromatic heterocycles. The first kappa shape index (κ1) is 18.7. The fourth-order valence-corrected chi connectivity index (χ4v) is 6.65. The van der Waals surface area contributed by atoms with Crippen molar-refractivity contribution in [3.63, 3.8) is 0 Å². The molecule has 146 valence electrons. The Kier molecular flexibility index (Phi) is 5.35. The minimum absolute atomic E-state index is 0.0447. The van der Waals surface area contributed by atoms with Crippen LogP contribution in [0.25, 0.3) is 0 Å². The zero-order chi connectivity index (χ0) is 18.9. The molecule has 0 atom stereocenters. The normalized spacial score (nSPS) is 30.8. The highest BCUT2D eigenvalue weighted by Crippen LogP contribution is 2.61. The van der Waals surface area contributed by atoms with Gasteiger partial charge in [-0.25, -0.2) is 0 Å². The smallest absolute Gasteiger partial charge is 0.248 e. The zero-order valence-corrected chi connectivity index (χ0v) is 16.6. The molecule has 0 aliphatic heterocycles. The molecule has 1 aromatic carbocycles. The van der Waals surface area contributed by atoms with Crippen LogP contribution >= 0.6 is 11.8 Å². The fourth-order valence-electron chi connectivity index (χ4n) is 5.91.